The maximum Gasteiger partial charge on any atom is 0.146 e. The first-order valence-electron chi connectivity index (χ1n) is 7.42. The molecule has 0 atom stereocenters. The monoisotopic (exact) mass is 306 g/mol. The van der Waals surface area contributed by atoms with Gasteiger partial charge in [0.15, 0.2) is 0 Å². The average Bonchev–Trinajstić information content (AvgIpc) is 2.76. The molecule has 2 aromatic rings. The summed E-state index contributed by atoms with van der Waals surface area (Å²) < 4.78 is 7.69. The molecule has 114 valence electrons. The summed E-state index contributed by atoms with van der Waals surface area (Å²) in [6.45, 7) is 10.3. The number of halogens is 1. The van der Waals surface area contributed by atoms with E-state index in [2.05, 4.69) is 43.3 Å². The molecular formula is C17H23ClN2O. The van der Waals surface area contributed by atoms with Gasteiger partial charge in [0.25, 0.3) is 0 Å². The number of ether oxygens (including phenoxy) is 1. The smallest absolute Gasteiger partial charge is 0.146 e. The largest absolute Gasteiger partial charge is 0.494 e. The second-order valence-electron chi connectivity index (χ2n) is 7.10. The molecule has 0 saturated heterocycles. The summed E-state index contributed by atoms with van der Waals surface area (Å²) in [5.74, 6) is 2.79. The van der Waals surface area contributed by atoms with Crippen molar-refractivity contribution in [2.24, 2.45) is 16.7 Å². The second-order valence-corrected chi connectivity index (χ2v) is 7.36. The third-order valence-electron chi connectivity index (χ3n) is 5.85. The summed E-state index contributed by atoms with van der Waals surface area (Å²) in [6, 6.07) is 6.06. The van der Waals surface area contributed by atoms with Gasteiger partial charge in [0, 0.05) is 6.54 Å². The van der Waals surface area contributed by atoms with Crippen LogP contribution in [-0.2, 0) is 12.4 Å². The Hall–Kier alpha value is -1.22. The summed E-state index contributed by atoms with van der Waals surface area (Å²) in [6.07, 6.45) is 0. The summed E-state index contributed by atoms with van der Waals surface area (Å²) in [5.41, 5.74) is 2.73. The standard InChI is InChI=1S/C17H23ClN2O/c1-16(2)13(17(16,3)4)10-20-11-7-6-8-12(21-5)15(11)19-14(20)9-18/h6-8,13H,9-10H2,1-5H3. The summed E-state index contributed by atoms with van der Waals surface area (Å²) in [7, 11) is 1.68. The molecule has 1 aliphatic carbocycles. The van der Waals surface area contributed by atoms with E-state index in [1.54, 1.807) is 7.11 Å². The zero-order valence-electron chi connectivity index (χ0n) is 13.4. The van der Waals surface area contributed by atoms with E-state index < -0.39 is 0 Å². The van der Waals surface area contributed by atoms with Crippen LogP contribution in [0.25, 0.3) is 11.0 Å². The van der Waals surface area contributed by atoms with E-state index in [-0.39, 0.29) is 0 Å². The third kappa shape index (κ3) is 1.97. The van der Waals surface area contributed by atoms with Gasteiger partial charge in [-0.2, -0.15) is 0 Å². The van der Waals surface area contributed by atoms with Crippen molar-refractivity contribution in [1.29, 1.82) is 0 Å². The minimum absolute atomic E-state index is 0.353. The van der Waals surface area contributed by atoms with E-state index in [1.807, 2.05) is 12.1 Å². The SMILES string of the molecule is COc1cccc2c1nc(CCl)n2CC1C(C)(C)C1(C)C. The Morgan fingerprint density at radius 3 is 2.43 bits per heavy atom. The van der Waals surface area contributed by atoms with Crippen LogP contribution in [0.3, 0.4) is 0 Å². The molecule has 0 spiro atoms. The lowest BCUT2D eigenvalue weighted by atomic mass is 10.0. The molecule has 0 N–H and O–H groups in total. The van der Waals surface area contributed by atoms with Gasteiger partial charge in [-0.25, -0.2) is 4.98 Å². The van der Waals surface area contributed by atoms with Gasteiger partial charge in [-0.1, -0.05) is 33.8 Å². The quantitative estimate of drug-likeness (QED) is 0.779. The van der Waals surface area contributed by atoms with Crippen molar-refractivity contribution in [3.8, 4) is 5.75 Å². The van der Waals surface area contributed by atoms with Crippen LogP contribution in [0, 0.1) is 16.7 Å². The number of alkyl halides is 1. The molecule has 1 saturated carbocycles. The lowest BCUT2D eigenvalue weighted by molar-refractivity contribution is 0.419. The topological polar surface area (TPSA) is 27.1 Å². The number of methoxy groups -OCH3 is 1. The fraction of sp³-hybridized carbons (Fsp3) is 0.588. The van der Waals surface area contributed by atoms with Gasteiger partial charge in [0.1, 0.15) is 17.1 Å². The maximum atomic E-state index is 6.12. The van der Waals surface area contributed by atoms with Crippen molar-refractivity contribution in [2.45, 2.75) is 40.1 Å². The van der Waals surface area contributed by atoms with E-state index in [0.717, 1.165) is 29.2 Å². The van der Waals surface area contributed by atoms with E-state index >= 15 is 0 Å². The Labute approximate surface area is 131 Å². The molecule has 0 aliphatic heterocycles. The lowest BCUT2D eigenvalue weighted by Gasteiger charge is -2.09. The van der Waals surface area contributed by atoms with E-state index in [4.69, 9.17) is 16.3 Å². The van der Waals surface area contributed by atoms with Gasteiger partial charge in [-0.3, -0.25) is 0 Å². The van der Waals surface area contributed by atoms with Gasteiger partial charge >= 0.3 is 0 Å². The van der Waals surface area contributed by atoms with Crippen molar-refractivity contribution in [3.05, 3.63) is 24.0 Å². The molecule has 1 fully saturated rings. The first kappa shape index (κ1) is 14.7. The molecule has 0 unspecified atom stereocenters. The number of benzene rings is 1. The third-order valence-corrected chi connectivity index (χ3v) is 6.08. The Balaban J connectivity index is 2.06. The first-order chi connectivity index (χ1) is 9.84. The first-order valence-corrected chi connectivity index (χ1v) is 7.96. The van der Waals surface area contributed by atoms with Crippen LogP contribution in [0.2, 0.25) is 0 Å². The minimum Gasteiger partial charge on any atom is -0.494 e. The molecule has 0 amide bonds. The number of nitrogens with zero attached hydrogens (tertiary/aromatic N) is 2. The molecule has 21 heavy (non-hydrogen) atoms. The van der Waals surface area contributed by atoms with Crippen LogP contribution >= 0.6 is 11.6 Å². The number of fused-ring (bicyclic) bond motifs is 1. The zero-order chi connectivity index (χ0) is 15.4. The number of para-hydroxylation sites is 1. The van der Waals surface area contributed by atoms with Gasteiger partial charge in [0.05, 0.1) is 18.5 Å². The van der Waals surface area contributed by atoms with Crippen LogP contribution in [0.4, 0.5) is 0 Å². The van der Waals surface area contributed by atoms with Crippen molar-refractivity contribution in [1.82, 2.24) is 9.55 Å². The van der Waals surface area contributed by atoms with Crippen LogP contribution in [-0.4, -0.2) is 16.7 Å². The van der Waals surface area contributed by atoms with E-state index in [9.17, 15) is 0 Å². The summed E-state index contributed by atoms with van der Waals surface area (Å²) >= 11 is 6.12. The van der Waals surface area contributed by atoms with Crippen LogP contribution < -0.4 is 4.74 Å². The number of hydrogen-bond acceptors (Lipinski definition) is 2. The van der Waals surface area contributed by atoms with E-state index in [1.165, 1.54) is 0 Å². The maximum absolute atomic E-state index is 6.12. The molecule has 3 rings (SSSR count). The molecule has 1 aromatic carbocycles. The molecule has 1 aromatic heterocycles. The molecule has 4 heteroatoms. The highest BCUT2D eigenvalue weighted by molar-refractivity contribution is 6.16. The Morgan fingerprint density at radius 1 is 1.24 bits per heavy atom. The summed E-state index contributed by atoms with van der Waals surface area (Å²) in [5, 5.41) is 0. The number of rotatable bonds is 4. The predicted molar refractivity (Wildman–Crippen MR) is 86.9 cm³/mol. The highest BCUT2D eigenvalue weighted by atomic mass is 35.5. The van der Waals surface area contributed by atoms with E-state index in [0.29, 0.717) is 22.6 Å². The number of imidazole rings is 1. The molecule has 0 bridgehead atoms. The number of hydrogen-bond donors (Lipinski definition) is 0. The van der Waals surface area contributed by atoms with Crippen molar-refractivity contribution in [2.75, 3.05) is 7.11 Å². The molecule has 1 aliphatic rings. The highest BCUT2D eigenvalue weighted by Gasteiger charge is 2.64. The minimum atomic E-state index is 0.353. The second kappa shape index (κ2) is 4.64. The lowest BCUT2D eigenvalue weighted by Crippen LogP contribution is -2.07. The normalized spacial score (nSPS) is 19.9. The van der Waals surface area contributed by atoms with Crippen LogP contribution in [0.15, 0.2) is 18.2 Å². The predicted octanol–water partition coefficient (Wildman–Crippen LogP) is 4.47. The highest BCUT2D eigenvalue weighted by Crippen LogP contribution is 2.69. The van der Waals surface area contributed by atoms with Crippen molar-refractivity contribution < 1.29 is 4.74 Å². The average molecular weight is 307 g/mol. The van der Waals surface area contributed by atoms with Crippen molar-refractivity contribution >= 4 is 22.6 Å². The van der Waals surface area contributed by atoms with Gasteiger partial charge in [-0.05, 0) is 28.9 Å². The molecule has 0 radical (unpaired) electrons. The Bertz CT molecular complexity index is 673. The summed E-state index contributed by atoms with van der Waals surface area (Å²) in [4.78, 5) is 4.68. The van der Waals surface area contributed by atoms with Gasteiger partial charge in [-0.15, -0.1) is 11.6 Å². The van der Waals surface area contributed by atoms with Crippen LogP contribution in [0.1, 0.15) is 33.5 Å². The Kier molecular flexibility index (Phi) is 3.25. The Morgan fingerprint density at radius 2 is 1.90 bits per heavy atom. The molecule has 1 heterocycles. The fourth-order valence-corrected chi connectivity index (χ4v) is 3.82. The molecular weight excluding hydrogens is 284 g/mol. The zero-order valence-corrected chi connectivity index (χ0v) is 14.2. The fourth-order valence-electron chi connectivity index (χ4n) is 3.61. The van der Waals surface area contributed by atoms with Gasteiger partial charge in [0.2, 0.25) is 0 Å². The number of aromatic nitrogens is 2. The molecule has 3 nitrogen and oxygen atoms in total. The van der Waals surface area contributed by atoms with Crippen LogP contribution in [0.5, 0.6) is 5.75 Å². The van der Waals surface area contributed by atoms with Crippen molar-refractivity contribution in [3.63, 3.8) is 0 Å². The van der Waals surface area contributed by atoms with Gasteiger partial charge < -0.3 is 9.30 Å².